The maximum atomic E-state index is 9.07. The van der Waals surface area contributed by atoms with Gasteiger partial charge in [0.05, 0.1) is 4.47 Å². The molecule has 0 saturated heterocycles. The third-order valence-electron chi connectivity index (χ3n) is 2.79. The monoisotopic (exact) mass is 351 g/mol. The van der Waals surface area contributed by atoms with Gasteiger partial charge in [0.25, 0.3) is 0 Å². The topological polar surface area (TPSA) is 55.5 Å². The van der Waals surface area contributed by atoms with E-state index in [2.05, 4.69) is 15.9 Å². The molecule has 0 aromatic heterocycles. The first-order valence-corrected chi connectivity index (χ1v) is 7.28. The van der Waals surface area contributed by atoms with Crippen LogP contribution in [0.15, 0.2) is 46.9 Å². The summed E-state index contributed by atoms with van der Waals surface area (Å²) in [5.74, 6) is 1.40. The lowest BCUT2D eigenvalue weighted by Gasteiger charge is -2.12. The molecular weight excluding hydrogens is 338 g/mol. The van der Waals surface area contributed by atoms with Crippen LogP contribution in [0.2, 0.25) is 0 Å². The highest BCUT2D eigenvalue weighted by molar-refractivity contribution is 9.10. The number of hydrogen-bond acceptors (Lipinski definition) is 3. The molecule has 2 aromatic carbocycles. The van der Waals surface area contributed by atoms with Crippen molar-refractivity contribution in [3.8, 4) is 11.5 Å². The molecule has 0 fully saturated rings. The number of para-hydroxylation sites is 1. The maximum Gasteiger partial charge on any atom is 0.141 e. The largest absolute Gasteiger partial charge is 0.456 e. The summed E-state index contributed by atoms with van der Waals surface area (Å²) >= 11 is 8.39. The summed E-state index contributed by atoms with van der Waals surface area (Å²) in [4.78, 5) is 0.345. The van der Waals surface area contributed by atoms with E-state index in [1.807, 2.05) is 42.5 Å². The fourth-order valence-electron chi connectivity index (χ4n) is 1.79. The SMILES string of the molecule is NC(=S)c1ccc(Oc2ccccc2CCO)c(Br)c1. The van der Waals surface area contributed by atoms with Crippen LogP contribution in [0.1, 0.15) is 11.1 Å². The zero-order valence-electron chi connectivity index (χ0n) is 10.7. The Morgan fingerprint density at radius 2 is 1.95 bits per heavy atom. The summed E-state index contributed by atoms with van der Waals surface area (Å²) < 4.78 is 6.66. The lowest BCUT2D eigenvalue weighted by molar-refractivity contribution is 0.298. The van der Waals surface area contributed by atoms with E-state index in [9.17, 15) is 0 Å². The number of hydrogen-bond donors (Lipinski definition) is 2. The van der Waals surface area contributed by atoms with Gasteiger partial charge in [0.1, 0.15) is 16.5 Å². The first-order chi connectivity index (χ1) is 9.61. The van der Waals surface area contributed by atoms with Crippen LogP contribution in [0, 0.1) is 0 Å². The highest BCUT2D eigenvalue weighted by Crippen LogP contribution is 2.32. The minimum Gasteiger partial charge on any atom is -0.456 e. The van der Waals surface area contributed by atoms with Crippen molar-refractivity contribution in [2.45, 2.75) is 6.42 Å². The zero-order chi connectivity index (χ0) is 14.5. The average Bonchev–Trinajstić information content (AvgIpc) is 2.43. The van der Waals surface area contributed by atoms with Crippen LogP contribution in [0.25, 0.3) is 0 Å². The van der Waals surface area contributed by atoms with Crippen LogP contribution in [0.4, 0.5) is 0 Å². The van der Waals surface area contributed by atoms with E-state index in [1.54, 1.807) is 0 Å². The summed E-state index contributed by atoms with van der Waals surface area (Å²) in [6, 6.07) is 13.1. The summed E-state index contributed by atoms with van der Waals surface area (Å²) in [6.45, 7) is 0.0852. The molecule has 2 rings (SSSR count). The molecule has 3 nitrogen and oxygen atoms in total. The van der Waals surface area contributed by atoms with Crippen molar-refractivity contribution in [2.75, 3.05) is 6.61 Å². The fourth-order valence-corrected chi connectivity index (χ4v) is 2.37. The second kappa shape index (κ2) is 6.83. The second-order valence-electron chi connectivity index (χ2n) is 4.19. The number of aliphatic hydroxyl groups excluding tert-OH is 1. The van der Waals surface area contributed by atoms with Gasteiger partial charge in [-0.2, -0.15) is 0 Å². The third kappa shape index (κ3) is 3.56. The molecule has 2 aromatic rings. The number of ether oxygens (including phenoxy) is 1. The fraction of sp³-hybridized carbons (Fsp3) is 0.133. The van der Waals surface area contributed by atoms with Crippen molar-refractivity contribution in [1.82, 2.24) is 0 Å². The Morgan fingerprint density at radius 1 is 1.20 bits per heavy atom. The van der Waals surface area contributed by atoms with E-state index in [1.165, 1.54) is 0 Å². The molecule has 0 saturated carbocycles. The molecule has 0 aliphatic carbocycles. The average molecular weight is 352 g/mol. The van der Waals surface area contributed by atoms with Gasteiger partial charge in [-0.25, -0.2) is 0 Å². The van der Waals surface area contributed by atoms with E-state index in [-0.39, 0.29) is 6.61 Å². The van der Waals surface area contributed by atoms with Gasteiger partial charge in [-0.1, -0.05) is 30.4 Å². The van der Waals surface area contributed by atoms with Crippen LogP contribution < -0.4 is 10.5 Å². The van der Waals surface area contributed by atoms with Gasteiger partial charge in [0.2, 0.25) is 0 Å². The van der Waals surface area contributed by atoms with Crippen molar-refractivity contribution in [3.63, 3.8) is 0 Å². The Kier molecular flexibility index (Phi) is 5.11. The smallest absolute Gasteiger partial charge is 0.141 e. The molecule has 0 heterocycles. The van der Waals surface area contributed by atoms with Crippen molar-refractivity contribution < 1.29 is 9.84 Å². The van der Waals surface area contributed by atoms with Crippen LogP contribution >= 0.6 is 28.1 Å². The first-order valence-electron chi connectivity index (χ1n) is 6.08. The van der Waals surface area contributed by atoms with E-state index >= 15 is 0 Å². The van der Waals surface area contributed by atoms with E-state index in [0.29, 0.717) is 17.2 Å². The van der Waals surface area contributed by atoms with Gasteiger partial charge in [-0.15, -0.1) is 0 Å². The van der Waals surface area contributed by atoms with Gasteiger partial charge in [-0.3, -0.25) is 0 Å². The van der Waals surface area contributed by atoms with Gasteiger partial charge < -0.3 is 15.6 Å². The number of benzene rings is 2. The van der Waals surface area contributed by atoms with Crippen molar-refractivity contribution in [3.05, 3.63) is 58.1 Å². The molecule has 0 atom stereocenters. The summed E-state index contributed by atoms with van der Waals surface area (Å²) in [5.41, 5.74) is 7.33. The number of halogens is 1. The minimum absolute atomic E-state index is 0.0852. The Labute approximate surface area is 131 Å². The molecule has 3 N–H and O–H groups in total. The number of aliphatic hydroxyl groups is 1. The summed E-state index contributed by atoms with van der Waals surface area (Å²) in [5, 5.41) is 9.07. The molecule has 104 valence electrons. The first kappa shape index (κ1) is 15.0. The highest BCUT2D eigenvalue weighted by atomic mass is 79.9. The van der Waals surface area contributed by atoms with Gasteiger partial charge in [-0.05, 0) is 52.2 Å². The summed E-state index contributed by atoms with van der Waals surface area (Å²) in [7, 11) is 0. The van der Waals surface area contributed by atoms with E-state index < -0.39 is 0 Å². The molecule has 0 aliphatic heterocycles. The lowest BCUT2D eigenvalue weighted by Crippen LogP contribution is -2.09. The predicted octanol–water partition coefficient (Wildman–Crippen LogP) is 3.41. The Morgan fingerprint density at radius 3 is 2.60 bits per heavy atom. The summed E-state index contributed by atoms with van der Waals surface area (Å²) in [6.07, 6.45) is 0.554. The molecule has 0 unspecified atom stereocenters. The van der Waals surface area contributed by atoms with Gasteiger partial charge in [0, 0.05) is 12.2 Å². The van der Waals surface area contributed by atoms with Crippen LogP contribution in [0.3, 0.4) is 0 Å². The second-order valence-corrected chi connectivity index (χ2v) is 5.49. The molecule has 0 amide bonds. The van der Waals surface area contributed by atoms with Crippen molar-refractivity contribution in [2.24, 2.45) is 5.73 Å². The molecule has 20 heavy (non-hydrogen) atoms. The van der Waals surface area contributed by atoms with Gasteiger partial charge in [0.15, 0.2) is 0 Å². The lowest BCUT2D eigenvalue weighted by atomic mass is 10.1. The third-order valence-corrected chi connectivity index (χ3v) is 3.65. The zero-order valence-corrected chi connectivity index (χ0v) is 13.1. The van der Waals surface area contributed by atoms with E-state index in [4.69, 9.17) is 27.8 Å². The van der Waals surface area contributed by atoms with Crippen LogP contribution in [-0.4, -0.2) is 16.7 Å². The quantitative estimate of drug-likeness (QED) is 0.810. The minimum atomic E-state index is 0.0852. The van der Waals surface area contributed by atoms with E-state index in [0.717, 1.165) is 21.3 Å². The van der Waals surface area contributed by atoms with Crippen LogP contribution in [0.5, 0.6) is 11.5 Å². The van der Waals surface area contributed by atoms with Crippen molar-refractivity contribution >= 4 is 33.1 Å². The standard InChI is InChI=1S/C15H14BrNO2S/c16-12-9-11(15(17)20)5-6-14(12)19-13-4-2-1-3-10(13)7-8-18/h1-6,9,18H,7-8H2,(H2,17,20). The van der Waals surface area contributed by atoms with Crippen molar-refractivity contribution in [1.29, 1.82) is 0 Å². The number of rotatable bonds is 5. The molecule has 0 radical (unpaired) electrons. The molecule has 5 heteroatoms. The number of nitrogens with two attached hydrogens (primary N) is 1. The van der Waals surface area contributed by atoms with Gasteiger partial charge >= 0.3 is 0 Å². The predicted molar refractivity (Wildman–Crippen MR) is 87.3 cm³/mol. The Hall–Kier alpha value is -1.43. The maximum absolute atomic E-state index is 9.07. The molecular formula is C15H14BrNO2S. The Bertz CT molecular complexity index is 631. The van der Waals surface area contributed by atoms with Crippen LogP contribution in [-0.2, 0) is 6.42 Å². The molecule has 0 spiro atoms. The molecule has 0 aliphatic rings. The molecule has 0 bridgehead atoms. The number of thiocarbonyl (C=S) groups is 1. The normalized spacial score (nSPS) is 10.3. The Balaban J connectivity index is 2.28. The highest BCUT2D eigenvalue weighted by Gasteiger charge is 2.08.